The van der Waals surface area contributed by atoms with Crippen LogP contribution in [0.25, 0.3) is 0 Å². The Balaban J connectivity index is 1.46. The van der Waals surface area contributed by atoms with E-state index in [9.17, 15) is 0 Å². The van der Waals surface area contributed by atoms with E-state index in [2.05, 4.69) is 52.4 Å². The Bertz CT molecular complexity index is 804. The molecule has 28 heavy (non-hydrogen) atoms. The molecular formula is C22H29N3O2S. The first-order chi connectivity index (χ1) is 13.6. The lowest BCUT2D eigenvalue weighted by atomic mass is 10.1. The van der Waals surface area contributed by atoms with Crippen LogP contribution >= 0.6 is 12.2 Å². The van der Waals surface area contributed by atoms with Crippen molar-refractivity contribution in [3.05, 3.63) is 53.6 Å². The highest BCUT2D eigenvalue weighted by Crippen LogP contribution is 2.27. The van der Waals surface area contributed by atoms with E-state index in [1.807, 2.05) is 12.1 Å². The van der Waals surface area contributed by atoms with Gasteiger partial charge in [-0.15, -0.1) is 0 Å². The molecule has 0 unspecified atom stereocenters. The third kappa shape index (κ3) is 4.87. The van der Waals surface area contributed by atoms with Crippen LogP contribution in [0, 0.1) is 6.92 Å². The second kappa shape index (κ2) is 9.64. The summed E-state index contributed by atoms with van der Waals surface area (Å²) >= 11 is 5.61. The minimum absolute atomic E-state index is 0.751. The zero-order chi connectivity index (χ0) is 19.9. The third-order valence-corrected chi connectivity index (χ3v) is 5.56. The molecule has 1 fully saturated rings. The van der Waals surface area contributed by atoms with Crippen molar-refractivity contribution in [2.24, 2.45) is 0 Å². The molecular weight excluding hydrogens is 370 g/mol. The Morgan fingerprint density at radius 3 is 2.39 bits per heavy atom. The molecule has 2 aromatic carbocycles. The van der Waals surface area contributed by atoms with Gasteiger partial charge in [0.2, 0.25) is 0 Å². The van der Waals surface area contributed by atoms with Gasteiger partial charge in [-0.05, 0) is 54.9 Å². The van der Waals surface area contributed by atoms with Crippen molar-refractivity contribution >= 4 is 23.0 Å². The Morgan fingerprint density at radius 2 is 1.71 bits per heavy atom. The highest BCUT2D eigenvalue weighted by molar-refractivity contribution is 7.80. The average Bonchev–Trinajstić information content (AvgIpc) is 2.74. The second-order valence-electron chi connectivity index (χ2n) is 6.93. The van der Waals surface area contributed by atoms with Crippen LogP contribution < -0.4 is 19.7 Å². The topological polar surface area (TPSA) is 37.0 Å². The summed E-state index contributed by atoms with van der Waals surface area (Å²) in [7, 11) is 3.31. The number of thiocarbonyl (C=S) groups is 1. The molecule has 1 heterocycles. The smallest absolute Gasteiger partial charge is 0.169 e. The van der Waals surface area contributed by atoms with Crippen LogP contribution in [-0.2, 0) is 6.42 Å². The minimum Gasteiger partial charge on any atom is -0.493 e. The van der Waals surface area contributed by atoms with Crippen LogP contribution in [0.15, 0.2) is 42.5 Å². The normalized spacial score (nSPS) is 14.0. The number of hydrogen-bond acceptors (Lipinski definition) is 4. The molecule has 1 aliphatic heterocycles. The van der Waals surface area contributed by atoms with Gasteiger partial charge in [-0.1, -0.05) is 24.3 Å². The average molecular weight is 400 g/mol. The molecule has 5 nitrogen and oxygen atoms in total. The van der Waals surface area contributed by atoms with Crippen molar-refractivity contribution in [2.75, 3.05) is 51.8 Å². The van der Waals surface area contributed by atoms with Crippen molar-refractivity contribution < 1.29 is 9.47 Å². The van der Waals surface area contributed by atoms with Crippen molar-refractivity contribution in [2.45, 2.75) is 13.3 Å². The number of para-hydroxylation sites is 1. The summed E-state index contributed by atoms with van der Waals surface area (Å²) in [6, 6.07) is 14.6. The van der Waals surface area contributed by atoms with Crippen molar-refractivity contribution in [1.82, 2.24) is 10.2 Å². The number of nitrogens with one attached hydrogen (secondary N) is 1. The summed E-state index contributed by atoms with van der Waals surface area (Å²) in [5, 5.41) is 4.24. The minimum atomic E-state index is 0.751. The number of rotatable bonds is 6. The molecule has 0 spiro atoms. The molecule has 0 atom stereocenters. The summed E-state index contributed by atoms with van der Waals surface area (Å²) in [6.07, 6.45) is 0.879. The zero-order valence-corrected chi connectivity index (χ0v) is 17.7. The Morgan fingerprint density at radius 1 is 1.00 bits per heavy atom. The van der Waals surface area contributed by atoms with E-state index in [1.165, 1.54) is 16.8 Å². The van der Waals surface area contributed by atoms with Crippen molar-refractivity contribution in [3.8, 4) is 11.5 Å². The second-order valence-corrected chi connectivity index (χ2v) is 7.32. The fourth-order valence-electron chi connectivity index (χ4n) is 3.53. The van der Waals surface area contributed by atoms with Crippen LogP contribution in [0.2, 0.25) is 0 Å². The Labute approximate surface area is 173 Å². The lowest BCUT2D eigenvalue weighted by Gasteiger charge is -2.38. The number of ether oxygens (including phenoxy) is 2. The number of benzene rings is 2. The highest BCUT2D eigenvalue weighted by Gasteiger charge is 2.19. The monoisotopic (exact) mass is 399 g/mol. The van der Waals surface area contributed by atoms with Gasteiger partial charge < -0.3 is 24.6 Å². The summed E-state index contributed by atoms with van der Waals surface area (Å²) in [6.45, 7) is 6.83. The number of methoxy groups -OCH3 is 2. The number of nitrogens with zero attached hydrogens (tertiary/aromatic N) is 2. The summed E-state index contributed by atoms with van der Waals surface area (Å²) in [4.78, 5) is 4.71. The quantitative estimate of drug-likeness (QED) is 0.752. The van der Waals surface area contributed by atoms with E-state index in [1.54, 1.807) is 14.2 Å². The van der Waals surface area contributed by atoms with Crippen LogP contribution in [0.1, 0.15) is 11.1 Å². The Hall–Kier alpha value is -2.47. The molecule has 1 saturated heterocycles. The van der Waals surface area contributed by atoms with E-state index < -0.39 is 0 Å². The third-order valence-electron chi connectivity index (χ3n) is 5.16. The molecule has 0 amide bonds. The molecule has 3 rings (SSSR count). The van der Waals surface area contributed by atoms with E-state index in [0.29, 0.717) is 0 Å². The lowest BCUT2D eigenvalue weighted by Crippen LogP contribution is -2.52. The van der Waals surface area contributed by atoms with Gasteiger partial charge in [0, 0.05) is 38.4 Å². The number of piperazine rings is 1. The largest absolute Gasteiger partial charge is 0.493 e. The van der Waals surface area contributed by atoms with E-state index in [4.69, 9.17) is 21.7 Å². The van der Waals surface area contributed by atoms with Gasteiger partial charge >= 0.3 is 0 Å². The summed E-state index contributed by atoms with van der Waals surface area (Å²) in [5.41, 5.74) is 3.85. The molecule has 1 aliphatic rings. The SMILES string of the molecule is COc1ccc(CCNC(=S)N2CCN(c3ccccc3C)CC2)cc1OC. The molecule has 2 aromatic rings. The Kier molecular flexibility index (Phi) is 6.98. The first-order valence-electron chi connectivity index (χ1n) is 9.66. The molecule has 6 heteroatoms. The maximum atomic E-state index is 5.61. The lowest BCUT2D eigenvalue weighted by molar-refractivity contribution is 0.354. The molecule has 0 aliphatic carbocycles. The van der Waals surface area contributed by atoms with Gasteiger partial charge in [0.25, 0.3) is 0 Å². The van der Waals surface area contributed by atoms with Gasteiger partial charge in [-0.2, -0.15) is 0 Å². The van der Waals surface area contributed by atoms with Gasteiger partial charge in [0.15, 0.2) is 16.6 Å². The van der Waals surface area contributed by atoms with Crippen molar-refractivity contribution in [3.63, 3.8) is 0 Å². The first kappa shape index (κ1) is 20.3. The fourth-order valence-corrected chi connectivity index (χ4v) is 3.82. The number of hydrogen-bond donors (Lipinski definition) is 1. The molecule has 0 aromatic heterocycles. The molecule has 0 bridgehead atoms. The maximum absolute atomic E-state index is 5.61. The van der Waals surface area contributed by atoms with Crippen LogP contribution in [0.4, 0.5) is 5.69 Å². The molecule has 0 saturated carbocycles. The van der Waals surface area contributed by atoms with Crippen LogP contribution in [0.5, 0.6) is 11.5 Å². The standard InChI is InChI=1S/C22H29N3O2S/c1-17-6-4-5-7-19(17)24-12-14-25(15-13-24)22(28)23-11-10-18-8-9-20(26-2)21(16-18)27-3/h4-9,16H,10-15H2,1-3H3,(H,23,28). The summed E-state index contributed by atoms with van der Waals surface area (Å²) < 4.78 is 10.7. The van der Waals surface area contributed by atoms with Crippen molar-refractivity contribution in [1.29, 1.82) is 0 Å². The highest BCUT2D eigenvalue weighted by atomic mass is 32.1. The number of anilines is 1. The van der Waals surface area contributed by atoms with Gasteiger partial charge in [0.05, 0.1) is 14.2 Å². The first-order valence-corrected chi connectivity index (χ1v) is 10.1. The maximum Gasteiger partial charge on any atom is 0.169 e. The molecule has 0 radical (unpaired) electrons. The predicted octanol–water partition coefficient (Wildman–Crippen LogP) is 3.25. The van der Waals surface area contributed by atoms with Crippen LogP contribution in [-0.4, -0.2) is 57.0 Å². The zero-order valence-electron chi connectivity index (χ0n) is 16.9. The molecule has 1 N–H and O–H groups in total. The predicted molar refractivity (Wildman–Crippen MR) is 119 cm³/mol. The van der Waals surface area contributed by atoms with E-state index in [0.717, 1.165) is 55.8 Å². The fraction of sp³-hybridized carbons (Fsp3) is 0.409. The molecule has 150 valence electrons. The summed E-state index contributed by atoms with van der Waals surface area (Å²) in [5.74, 6) is 1.51. The number of aryl methyl sites for hydroxylation is 1. The van der Waals surface area contributed by atoms with E-state index >= 15 is 0 Å². The van der Waals surface area contributed by atoms with E-state index in [-0.39, 0.29) is 0 Å². The van der Waals surface area contributed by atoms with Gasteiger partial charge in [-0.3, -0.25) is 0 Å². The van der Waals surface area contributed by atoms with Gasteiger partial charge in [-0.25, -0.2) is 0 Å². The van der Waals surface area contributed by atoms with Gasteiger partial charge in [0.1, 0.15) is 0 Å². The van der Waals surface area contributed by atoms with Crippen LogP contribution in [0.3, 0.4) is 0 Å².